The van der Waals surface area contributed by atoms with Crippen molar-refractivity contribution in [1.29, 1.82) is 0 Å². The number of rotatable bonds is 4. The first-order valence-electron chi connectivity index (χ1n) is 9.55. The number of aryl methyl sites for hydroxylation is 1. The molecule has 1 atom stereocenters. The Balaban J connectivity index is 1.79. The molecule has 1 N–H and O–H groups in total. The van der Waals surface area contributed by atoms with Gasteiger partial charge in [-0.2, -0.15) is 0 Å². The Labute approximate surface area is 161 Å². The molecular weight excluding hydrogens is 336 g/mol. The summed E-state index contributed by atoms with van der Waals surface area (Å²) >= 11 is 0. The minimum absolute atomic E-state index is 0.540. The fourth-order valence-electron chi connectivity index (χ4n) is 4.23. The summed E-state index contributed by atoms with van der Waals surface area (Å²) in [6.45, 7) is 6.59. The van der Waals surface area contributed by atoms with Gasteiger partial charge in [-0.05, 0) is 56.3 Å². The molecule has 1 aliphatic rings. The average molecular weight is 364 g/mol. The van der Waals surface area contributed by atoms with E-state index in [4.69, 9.17) is 4.74 Å². The molecule has 4 heteroatoms. The van der Waals surface area contributed by atoms with Gasteiger partial charge in [-0.3, -0.25) is 0 Å². The highest BCUT2D eigenvalue weighted by molar-refractivity contribution is 5.86. The number of fused-ring (bicyclic) bond motifs is 3. The van der Waals surface area contributed by atoms with Gasteiger partial charge >= 0.3 is 0 Å². The van der Waals surface area contributed by atoms with Gasteiger partial charge < -0.3 is 19.3 Å². The maximum absolute atomic E-state index is 11.3. The summed E-state index contributed by atoms with van der Waals surface area (Å²) in [6.07, 6.45) is 1.01. The van der Waals surface area contributed by atoms with E-state index in [1.165, 1.54) is 27.7 Å². The molecule has 2 heterocycles. The fraction of sp³-hybridized carbons (Fsp3) is 0.391. The normalized spacial score (nSPS) is 16.9. The van der Waals surface area contributed by atoms with Crippen LogP contribution in [0.15, 0.2) is 42.5 Å². The first kappa shape index (κ1) is 18.1. The van der Waals surface area contributed by atoms with Crippen LogP contribution in [-0.2, 0) is 25.1 Å². The van der Waals surface area contributed by atoms with E-state index in [1.807, 2.05) is 31.2 Å². The van der Waals surface area contributed by atoms with Crippen LogP contribution in [-0.4, -0.2) is 35.3 Å². The highest BCUT2D eigenvalue weighted by Crippen LogP contribution is 2.34. The zero-order chi connectivity index (χ0) is 19.2. The molecule has 0 aliphatic carbocycles. The number of nitrogens with zero attached hydrogens (tertiary/aromatic N) is 2. The predicted octanol–water partition coefficient (Wildman–Crippen LogP) is 3.85. The topological polar surface area (TPSA) is 37.6 Å². The molecule has 142 valence electrons. The standard InChI is InChI=1S/C23H28N2O2/c1-16-5-10-21-19(13-16)20-14-24(3)12-11-22(20)25(21)15-23(2,26)17-6-8-18(27-4)9-7-17/h5-10,13,26H,11-12,14-15H2,1-4H3/t23-/m0/s1. The Bertz CT molecular complexity index is 970. The maximum atomic E-state index is 11.3. The summed E-state index contributed by atoms with van der Waals surface area (Å²) in [7, 11) is 3.83. The molecule has 0 saturated carbocycles. The van der Waals surface area contributed by atoms with Gasteiger partial charge in [0.2, 0.25) is 0 Å². The van der Waals surface area contributed by atoms with Crippen LogP contribution in [0.2, 0.25) is 0 Å². The zero-order valence-electron chi connectivity index (χ0n) is 16.6. The Morgan fingerprint density at radius 2 is 1.89 bits per heavy atom. The van der Waals surface area contributed by atoms with E-state index >= 15 is 0 Å². The van der Waals surface area contributed by atoms with Crippen LogP contribution in [0.3, 0.4) is 0 Å². The van der Waals surface area contributed by atoms with Gasteiger partial charge in [-0.25, -0.2) is 0 Å². The minimum atomic E-state index is -0.958. The lowest BCUT2D eigenvalue weighted by molar-refractivity contribution is 0.0384. The van der Waals surface area contributed by atoms with E-state index in [9.17, 15) is 5.11 Å². The number of hydrogen-bond donors (Lipinski definition) is 1. The van der Waals surface area contributed by atoms with E-state index in [0.29, 0.717) is 6.54 Å². The lowest BCUT2D eigenvalue weighted by Crippen LogP contribution is -2.31. The Morgan fingerprint density at radius 3 is 2.59 bits per heavy atom. The predicted molar refractivity (Wildman–Crippen MR) is 109 cm³/mol. The van der Waals surface area contributed by atoms with Gasteiger partial charge in [-0.1, -0.05) is 23.8 Å². The van der Waals surface area contributed by atoms with Crippen molar-refractivity contribution in [2.75, 3.05) is 20.7 Å². The van der Waals surface area contributed by atoms with E-state index in [2.05, 4.69) is 41.6 Å². The van der Waals surface area contributed by atoms with Crippen molar-refractivity contribution < 1.29 is 9.84 Å². The summed E-state index contributed by atoms with van der Waals surface area (Å²) in [5.41, 5.74) is 5.21. The van der Waals surface area contributed by atoms with Crippen LogP contribution in [0.25, 0.3) is 10.9 Å². The van der Waals surface area contributed by atoms with Gasteiger partial charge in [0.05, 0.1) is 13.7 Å². The van der Waals surface area contributed by atoms with Crippen LogP contribution in [0.1, 0.15) is 29.3 Å². The first-order chi connectivity index (χ1) is 12.9. The lowest BCUT2D eigenvalue weighted by Gasteiger charge is -2.29. The molecule has 0 unspecified atom stereocenters. The molecule has 3 aromatic rings. The van der Waals surface area contributed by atoms with Crippen LogP contribution >= 0.6 is 0 Å². The van der Waals surface area contributed by atoms with E-state index in [0.717, 1.165) is 30.8 Å². The van der Waals surface area contributed by atoms with Crippen LogP contribution in [0, 0.1) is 6.92 Å². The van der Waals surface area contributed by atoms with E-state index in [-0.39, 0.29) is 0 Å². The molecule has 1 aromatic heterocycles. The number of aromatic nitrogens is 1. The fourth-order valence-corrected chi connectivity index (χ4v) is 4.23. The van der Waals surface area contributed by atoms with Crippen molar-refractivity contribution in [1.82, 2.24) is 9.47 Å². The molecule has 0 saturated heterocycles. The second-order valence-corrected chi connectivity index (χ2v) is 8.02. The lowest BCUT2D eigenvalue weighted by atomic mass is 9.95. The van der Waals surface area contributed by atoms with Crippen LogP contribution in [0.5, 0.6) is 5.75 Å². The van der Waals surface area contributed by atoms with Gasteiger partial charge in [-0.15, -0.1) is 0 Å². The minimum Gasteiger partial charge on any atom is -0.497 e. The second-order valence-electron chi connectivity index (χ2n) is 8.02. The number of benzene rings is 2. The zero-order valence-corrected chi connectivity index (χ0v) is 16.6. The third-order valence-electron chi connectivity index (χ3n) is 5.78. The summed E-state index contributed by atoms with van der Waals surface area (Å²) in [4.78, 5) is 2.37. The van der Waals surface area contributed by atoms with Gasteiger partial charge in [0.15, 0.2) is 0 Å². The Kier molecular flexibility index (Phi) is 4.49. The molecule has 0 radical (unpaired) electrons. The molecular formula is C23H28N2O2. The number of likely N-dealkylation sites (N-methyl/N-ethyl adjacent to an activating group) is 1. The molecule has 0 bridgehead atoms. The smallest absolute Gasteiger partial charge is 0.118 e. The summed E-state index contributed by atoms with van der Waals surface area (Å²) in [5, 5.41) is 12.6. The van der Waals surface area contributed by atoms with Crippen molar-refractivity contribution in [3.05, 3.63) is 64.8 Å². The van der Waals surface area contributed by atoms with Gasteiger partial charge in [0.25, 0.3) is 0 Å². The summed E-state index contributed by atoms with van der Waals surface area (Å²) in [5.74, 6) is 0.803. The van der Waals surface area contributed by atoms with Crippen molar-refractivity contribution >= 4 is 10.9 Å². The molecule has 0 amide bonds. The van der Waals surface area contributed by atoms with Crippen LogP contribution in [0.4, 0.5) is 0 Å². The molecule has 27 heavy (non-hydrogen) atoms. The molecule has 1 aliphatic heterocycles. The van der Waals surface area contributed by atoms with Gasteiger partial charge in [0.1, 0.15) is 11.4 Å². The van der Waals surface area contributed by atoms with E-state index in [1.54, 1.807) is 7.11 Å². The average Bonchev–Trinajstić information content (AvgIpc) is 2.94. The molecule has 4 rings (SSSR count). The number of ether oxygens (including phenoxy) is 1. The quantitative estimate of drug-likeness (QED) is 0.764. The summed E-state index contributed by atoms with van der Waals surface area (Å²) in [6, 6.07) is 14.4. The van der Waals surface area contributed by atoms with Gasteiger partial charge in [0, 0.05) is 36.1 Å². The maximum Gasteiger partial charge on any atom is 0.118 e. The SMILES string of the molecule is COc1ccc([C@@](C)(O)Cn2c3c(c4cc(C)ccc42)CN(C)CC3)cc1. The number of aliphatic hydroxyl groups is 1. The van der Waals surface area contributed by atoms with Crippen LogP contribution < -0.4 is 4.74 Å². The third-order valence-corrected chi connectivity index (χ3v) is 5.78. The number of methoxy groups -OCH3 is 1. The molecule has 0 spiro atoms. The molecule has 2 aromatic carbocycles. The highest BCUT2D eigenvalue weighted by Gasteiger charge is 2.29. The van der Waals surface area contributed by atoms with Crippen molar-refractivity contribution in [2.24, 2.45) is 0 Å². The van der Waals surface area contributed by atoms with E-state index < -0.39 is 5.60 Å². The van der Waals surface area contributed by atoms with Crippen molar-refractivity contribution in [2.45, 2.75) is 39.0 Å². The summed E-state index contributed by atoms with van der Waals surface area (Å²) < 4.78 is 7.58. The third kappa shape index (κ3) is 3.24. The Morgan fingerprint density at radius 1 is 1.15 bits per heavy atom. The van der Waals surface area contributed by atoms with Crippen molar-refractivity contribution in [3.63, 3.8) is 0 Å². The van der Waals surface area contributed by atoms with Crippen molar-refractivity contribution in [3.8, 4) is 5.75 Å². The first-order valence-corrected chi connectivity index (χ1v) is 9.55. The Hall–Kier alpha value is -2.30. The monoisotopic (exact) mass is 364 g/mol. The molecule has 4 nitrogen and oxygen atoms in total. The molecule has 0 fully saturated rings. The number of hydrogen-bond acceptors (Lipinski definition) is 3. The highest BCUT2D eigenvalue weighted by atomic mass is 16.5. The largest absolute Gasteiger partial charge is 0.497 e. The second kappa shape index (κ2) is 6.70.